The molecule has 0 fully saturated rings. The Labute approximate surface area is 119 Å². The van der Waals surface area contributed by atoms with Crippen molar-refractivity contribution < 1.29 is 14.2 Å². The summed E-state index contributed by atoms with van der Waals surface area (Å²) in [6, 6.07) is 0.311. The number of hydrogen-bond acceptors (Lipinski definition) is 8. The first kappa shape index (κ1) is 16.4. The lowest BCUT2D eigenvalue weighted by Gasteiger charge is -2.08. The van der Waals surface area contributed by atoms with E-state index in [2.05, 4.69) is 25.6 Å². The fourth-order valence-electron chi connectivity index (χ4n) is 1.36. The maximum atomic E-state index is 5.36. The Morgan fingerprint density at radius 3 is 2.55 bits per heavy atom. The molecule has 1 aromatic rings. The monoisotopic (exact) mass is 285 g/mol. The molecule has 0 unspecified atom stereocenters. The Balaban J connectivity index is 2.33. The van der Waals surface area contributed by atoms with Crippen LogP contribution in [0.15, 0.2) is 0 Å². The lowest BCUT2D eigenvalue weighted by atomic mass is 10.4. The summed E-state index contributed by atoms with van der Waals surface area (Å²) in [6.45, 7) is 5.00. The molecule has 0 saturated carbocycles. The van der Waals surface area contributed by atoms with Gasteiger partial charge in [-0.25, -0.2) is 0 Å². The highest BCUT2D eigenvalue weighted by molar-refractivity contribution is 5.35. The highest BCUT2D eigenvalue weighted by atomic mass is 16.5. The van der Waals surface area contributed by atoms with E-state index < -0.39 is 0 Å². The third kappa shape index (κ3) is 6.48. The first-order chi connectivity index (χ1) is 9.80. The van der Waals surface area contributed by atoms with Crippen molar-refractivity contribution in [2.45, 2.75) is 13.3 Å². The molecule has 0 spiro atoms. The second kappa shape index (κ2) is 10.2. The van der Waals surface area contributed by atoms with Gasteiger partial charge in [-0.15, -0.1) is 0 Å². The van der Waals surface area contributed by atoms with E-state index in [4.69, 9.17) is 14.2 Å². The van der Waals surface area contributed by atoms with Crippen LogP contribution in [0, 0.1) is 0 Å². The smallest absolute Gasteiger partial charge is 0.323 e. The maximum Gasteiger partial charge on any atom is 0.323 e. The molecule has 0 radical (unpaired) electrons. The molecule has 0 aliphatic carbocycles. The fourth-order valence-corrected chi connectivity index (χ4v) is 1.36. The molecule has 0 bridgehead atoms. The van der Waals surface area contributed by atoms with Gasteiger partial charge in [0.25, 0.3) is 0 Å². The van der Waals surface area contributed by atoms with Crippen LogP contribution in [0.1, 0.15) is 13.3 Å². The lowest BCUT2D eigenvalue weighted by Crippen LogP contribution is -2.12. The second-order valence-corrected chi connectivity index (χ2v) is 3.83. The number of ether oxygens (including phenoxy) is 3. The van der Waals surface area contributed by atoms with E-state index in [1.807, 2.05) is 6.92 Å². The standard InChI is InChI=1S/C12H23N5O3/c1-4-20-12-16-10(13-2)15-11(17-12)14-6-5-7-19-9-8-18-3/h4-9H2,1-3H3,(H2,13,14,15,16,17). The van der Waals surface area contributed by atoms with E-state index in [9.17, 15) is 0 Å². The quantitative estimate of drug-likeness (QED) is 0.576. The maximum absolute atomic E-state index is 5.36. The SMILES string of the molecule is CCOc1nc(NC)nc(NCCCOCCOC)n1. The van der Waals surface area contributed by atoms with Crippen LogP contribution in [0.4, 0.5) is 11.9 Å². The zero-order chi connectivity index (χ0) is 14.6. The van der Waals surface area contributed by atoms with Crippen LogP contribution in [0.5, 0.6) is 6.01 Å². The van der Waals surface area contributed by atoms with Crippen LogP contribution in [0.3, 0.4) is 0 Å². The Hall–Kier alpha value is -1.67. The largest absolute Gasteiger partial charge is 0.464 e. The Morgan fingerprint density at radius 2 is 1.85 bits per heavy atom. The molecule has 20 heavy (non-hydrogen) atoms. The molecule has 0 atom stereocenters. The minimum absolute atomic E-state index is 0.311. The van der Waals surface area contributed by atoms with Crippen molar-refractivity contribution in [3.63, 3.8) is 0 Å². The molecule has 114 valence electrons. The lowest BCUT2D eigenvalue weighted by molar-refractivity contribution is 0.0705. The molecule has 8 heteroatoms. The first-order valence-electron chi connectivity index (χ1n) is 6.67. The highest BCUT2D eigenvalue weighted by Crippen LogP contribution is 2.10. The van der Waals surface area contributed by atoms with Crippen molar-refractivity contribution in [3.8, 4) is 6.01 Å². The van der Waals surface area contributed by atoms with E-state index in [0.29, 0.717) is 50.9 Å². The Kier molecular flexibility index (Phi) is 8.32. The third-order valence-corrected chi connectivity index (χ3v) is 2.29. The predicted octanol–water partition coefficient (Wildman–Crippen LogP) is 0.777. The van der Waals surface area contributed by atoms with Crippen molar-refractivity contribution in [3.05, 3.63) is 0 Å². The second-order valence-electron chi connectivity index (χ2n) is 3.83. The number of nitrogens with one attached hydrogen (secondary N) is 2. The summed E-state index contributed by atoms with van der Waals surface area (Å²) in [5, 5.41) is 5.99. The fraction of sp³-hybridized carbons (Fsp3) is 0.750. The average molecular weight is 285 g/mol. The summed E-state index contributed by atoms with van der Waals surface area (Å²) in [7, 11) is 3.40. The molecule has 0 aromatic carbocycles. The van der Waals surface area contributed by atoms with Gasteiger partial charge in [-0.05, 0) is 13.3 Å². The molecular weight excluding hydrogens is 262 g/mol. The van der Waals surface area contributed by atoms with Gasteiger partial charge >= 0.3 is 6.01 Å². The third-order valence-electron chi connectivity index (χ3n) is 2.29. The zero-order valence-corrected chi connectivity index (χ0v) is 12.3. The Bertz CT molecular complexity index is 378. The zero-order valence-electron chi connectivity index (χ0n) is 12.3. The number of aromatic nitrogens is 3. The number of rotatable bonds is 11. The topological polar surface area (TPSA) is 90.4 Å². The van der Waals surface area contributed by atoms with Gasteiger partial charge in [0.1, 0.15) is 0 Å². The van der Waals surface area contributed by atoms with Crippen LogP contribution in [-0.2, 0) is 9.47 Å². The summed E-state index contributed by atoms with van der Waals surface area (Å²) < 4.78 is 15.5. The number of hydrogen-bond donors (Lipinski definition) is 2. The van der Waals surface area contributed by atoms with E-state index in [1.165, 1.54) is 0 Å². The van der Waals surface area contributed by atoms with Crippen molar-refractivity contribution >= 4 is 11.9 Å². The summed E-state index contributed by atoms with van der Waals surface area (Å²) in [5.41, 5.74) is 0. The van der Waals surface area contributed by atoms with E-state index in [1.54, 1.807) is 14.2 Å². The van der Waals surface area contributed by atoms with Crippen LogP contribution in [0.2, 0.25) is 0 Å². The van der Waals surface area contributed by atoms with Crippen LogP contribution >= 0.6 is 0 Å². The molecule has 1 heterocycles. The normalized spacial score (nSPS) is 10.3. The molecule has 0 amide bonds. The summed E-state index contributed by atoms with van der Waals surface area (Å²) in [4.78, 5) is 12.4. The minimum atomic E-state index is 0.311. The van der Waals surface area contributed by atoms with Gasteiger partial charge in [0.05, 0.1) is 19.8 Å². The number of methoxy groups -OCH3 is 1. The van der Waals surface area contributed by atoms with Crippen molar-refractivity contribution in [2.24, 2.45) is 0 Å². The van der Waals surface area contributed by atoms with E-state index in [0.717, 1.165) is 6.42 Å². The van der Waals surface area contributed by atoms with Gasteiger partial charge in [0.2, 0.25) is 11.9 Å². The molecule has 1 aromatic heterocycles. The summed E-state index contributed by atoms with van der Waals surface area (Å²) in [5.74, 6) is 0.965. The number of anilines is 2. The van der Waals surface area contributed by atoms with Gasteiger partial charge in [0, 0.05) is 27.3 Å². The van der Waals surface area contributed by atoms with Crippen molar-refractivity contribution in [2.75, 3.05) is 57.8 Å². The number of nitrogens with zero attached hydrogens (tertiary/aromatic N) is 3. The highest BCUT2D eigenvalue weighted by Gasteiger charge is 2.05. The van der Waals surface area contributed by atoms with Crippen molar-refractivity contribution in [1.82, 2.24) is 15.0 Å². The van der Waals surface area contributed by atoms with Crippen molar-refractivity contribution in [1.29, 1.82) is 0 Å². The molecule has 1 rings (SSSR count). The summed E-state index contributed by atoms with van der Waals surface area (Å²) >= 11 is 0. The molecule has 0 saturated heterocycles. The van der Waals surface area contributed by atoms with E-state index in [-0.39, 0.29) is 0 Å². The van der Waals surface area contributed by atoms with Gasteiger partial charge in [-0.2, -0.15) is 15.0 Å². The Morgan fingerprint density at radius 1 is 1.05 bits per heavy atom. The van der Waals surface area contributed by atoms with Crippen LogP contribution < -0.4 is 15.4 Å². The molecule has 0 aliphatic rings. The van der Waals surface area contributed by atoms with Crippen LogP contribution in [-0.4, -0.2) is 62.1 Å². The first-order valence-corrected chi connectivity index (χ1v) is 6.67. The predicted molar refractivity (Wildman–Crippen MR) is 76.3 cm³/mol. The summed E-state index contributed by atoms with van der Waals surface area (Å²) in [6.07, 6.45) is 0.855. The van der Waals surface area contributed by atoms with E-state index >= 15 is 0 Å². The van der Waals surface area contributed by atoms with Gasteiger partial charge in [-0.1, -0.05) is 0 Å². The minimum Gasteiger partial charge on any atom is -0.464 e. The van der Waals surface area contributed by atoms with Gasteiger partial charge in [0.15, 0.2) is 0 Å². The molecule has 0 aliphatic heterocycles. The van der Waals surface area contributed by atoms with Gasteiger partial charge < -0.3 is 24.8 Å². The molecule has 2 N–H and O–H groups in total. The average Bonchev–Trinajstić information content (AvgIpc) is 2.46. The molecule has 8 nitrogen and oxygen atoms in total. The van der Waals surface area contributed by atoms with Gasteiger partial charge in [-0.3, -0.25) is 0 Å². The molecular formula is C12H23N5O3. The van der Waals surface area contributed by atoms with Crippen LogP contribution in [0.25, 0.3) is 0 Å².